The number of nitrogen functional groups attached to an aromatic ring is 1. The number of hydrogen-bond acceptors (Lipinski definition) is 4. The molecule has 1 rings (SSSR count). The molecule has 2 unspecified atom stereocenters. The third-order valence-electron chi connectivity index (χ3n) is 2.29. The van der Waals surface area contributed by atoms with Crippen LogP contribution in [0.3, 0.4) is 0 Å². The van der Waals surface area contributed by atoms with Crippen molar-refractivity contribution in [2.45, 2.75) is 19.1 Å². The highest BCUT2D eigenvalue weighted by Crippen LogP contribution is 2.25. The highest BCUT2D eigenvalue weighted by Gasteiger charge is 2.19. The lowest BCUT2D eigenvalue weighted by Gasteiger charge is -2.18. The summed E-state index contributed by atoms with van der Waals surface area (Å²) in [5.74, 6) is -0.272. The predicted molar refractivity (Wildman–Crippen MR) is 65.5 cm³/mol. The molecule has 6 heteroatoms. The van der Waals surface area contributed by atoms with E-state index >= 15 is 0 Å². The number of halogens is 1. The average molecular weight is 259 g/mol. The van der Waals surface area contributed by atoms with Crippen LogP contribution < -0.4 is 11.1 Å². The van der Waals surface area contributed by atoms with Gasteiger partial charge in [0.15, 0.2) is 0 Å². The zero-order valence-corrected chi connectivity index (χ0v) is 10.1. The van der Waals surface area contributed by atoms with E-state index in [2.05, 4.69) is 5.32 Å². The molecule has 0 bridgehead atoms. The van der Waals surface area contributed by atoms with Crippen LogP contribution in [0.5, 0.6) is 0 Å². The monoisotopic (exact) mass is 258 g/mol. The van der Waals surface area contributed by atoms with Crippen LogP contribution in [0.25, 0.3) is 0 Å². The van der Waals surface area contributed by atoms with Crippen LogP contribution in [0.2, 0.25) is 5.02 Å². The lowest BCUT2D eigenvalue weighted by molar-refractivity contribution is -0.119. The van der Waals surface area contributed by atoms with Crippen LogP contribution in [0.4, 0.5) is 5.69 Å². The third-order valence-corrected chi connectivity index (χ3v) is 2.62. The van der Waals surface area contributed by atoms with Gasteiger partial charge in [0.2, 0.25) is 5.91 Å². The number of rotatable bonds is 4. The van der Waals surface area contributed by atoms with Crippen molar-refractivity contribution in [2.24, 2.45) is 0 Å². The largest absolute Gasteiger partial charge is 0.398 e. The summed E-state index contributed by atoms with van der Waals surface area (Å²) in [6.07, 6.45) is -2.22. The first-order chi connectivity index (χ1) is 7.91. The van der Waals surface area contributed by atoms with E-state index in [4.69, 9.17) is 17.3 Å². The van der Waals surface area contributed by atoms with Crippen molar-refractivity contribution >= 4 is 23.2 Å². The summed E-state index contributed by atoms with van der Waals surface area (Å²) in [5, 5.41) is 22.2. The van der Waals surface area contributed by atoms with E-state index in [0.29, 0.717) is 16.3 Å². The number of aliphatic hydroxyl groups excluding tert-OH is 2. The molecule has 17 heavy (non-hydrogen) atoms. The van der Waals surface area contributed by atoms with Gasteiger partial charge in [-0.15, -0.1) is 0 Å². The van der Waals surface area contributed by atoms with E-state index in [0.717, 1.165) is 0 Å². The van der Waals surface area contributed by atoms with Crippen molar-refractivity contribution in [3.05, 3.63) is 28.8 Å². The Morgan fingerprint density at radius 2 is 2.18 bits per heavy atom. The normalized spacial score (nSPS) is 14.1. The fourth-order valence-corrected chi connectivity index (χ4v) is 1.50. The van der Waals surface area contributed by atoms with E-state index in [-0.39, 0.29) is 12.5 Å². The fourth-order valence-electron chi connectivity index (χ4n) is 1.31. The highest BCUT2D eigenvalue weighted by molar-refractivity contribution is 6.33. The van der Waals surface area contributed by atoms with Gasteiger partial charge in [-0.25, -0.2) is 0 Å². The topological polar surface area (TPSA) is 95.6 Å². The van der Waals surface area contributed by atoms with Crippen LogP contribution in [-0.2, 0) is 4.79 Å². The molecule has 0 aliphatic heterocycles. The Balaban J connectivity index is 2.70. The van der Waals surface area contributed by atoms with Gasteiger partial charge in [0.1, 0.15) is 12.2 Å². The van der Waals surface area contributed by atoms with Crippen molar-refractivity contribution in [2.75, 3.05) is 12.3 Å². The molecule has 0 fully saturated rings. The van der Waals surface area contributed by atoms with E-state index in [1.807, 2.05) is 0 Å². The molecule has 1 aromatic rings. The first-order valence-electron chi connectivity index (χ1n) is 5.07. The number of carbonyl (C=O) groups is 1. The molecule has 0 heterocycles. The Labute approximate surface area is 104 Å². The number of nitrogens with two attached hydrogens (primary N) is 1. The average Bonchev–Trinajstić information content (AvgIpc) is 2.28. The summed E-state index contributed by atoms with van der Waals surface area (Å²) in [7, 11) is 0. The summed E-state index contributed by atoms with van der Waals surface area (Å²) in [4.78, 5) is 10.7. The molecule has 0 aliphatic carbocycles. The Kier molecular flexibility index (Phi) is 4.74. The van der Waals surface area contributed by atoms with Gasteiger partial charge >= 0.3 is 0 Å². The van der Waals surface area contributed by atoms with E-state index in [1.165, 1.54) is 13.0 Å². The summed E-state index contributed by atoms with van der Waals surface area (Å²) >= 11 is 5.80. The van der Waals surface area contributed by atoms with Crippen molar-refractivity contribution in [1.29, 1.82) is 0 Å². The number of aliphatic hydroxyl groups is 2. The molecule has 0 saturated heterocycles. The quantitative estimate of drug-likeness (QED) is 0.590. The molecule has 1 amide bonds. The second-order valence-electron chi connectivity index (χ2n) is 3.73. The molecule has 1 aromatic carbocycles. The molecule has 0 radical (unpaired) electrons. The minimum Gasteiger partial charge on any atom is -0.398 e. The number of benzene rings is 1. The maximum Gasteiger partial charge on any atom is 0.216 e. The third kappa shape index (κ3) is 3.89. The Morgan fingerprint density at radius 3 is 2.71 bits per heavy atom. The molecule has 0 aromatic heterocycles. The van der Waals surface area contributed by atoms with Crippen molar-refractivity contribution in [1.82, 2.24) is 5.32 Å². The second kappa shape index (κ2) is 5.86. The van der Waals surface area contributed by atoms with E-state index < -0.39 is 12.2 Å². The zero-order valence-electron chi connectivity index (χ0n) is 9.35. The van der Waals surface area contributed by atoms with Crippen molar-refractivity contribution in [3.8, 4) is 0 Å². The summed E-state index contributed by atoms with van der Waals surface area (Å²) < 4.78 is 0. The maximum atomic E-state index is 10.7. The Morgan fingerprint density at radius 1 is 1.53 bits per heavy atom. The number of amides is 1. The summed E-state index contributed by atoms with van der Waals surface area (Å²) in [5.41, 5.74) is 6.38. The van der Waals surface area contributed by atoms with Crippen LogP contribution >= 0.6 is 11.6 Å². The molecular weight excluding hydrogens is 244 g/mol. The smallest absolute Gasteiger partial charge is 0.216 e. The van der Waals surface area contributed by atoms with Crippen LogP contribution in [0.15, 0.2) is 18.2 Å². The van der Waals surface area contributed by atoms with Gasteiger partial charge in [-0.3, -0.25) is 4.79 Å². The van der Waals surface area contributed by atoms with Crippen LogP contribution in [-0.4, -0.2) is 28.8 Å². The van der Waals surface area contributed by atoms with Gasteiger partial charge in [-0.05, 0) is 17.7 Å². The molecule has 2 atom stereocenters. The van der Waals surface area contributed by atoms with Gasteiger partial charge in [0.25, 0.3) is 0 Å². The van der Waals surface area contributed by atoms with Gasteiger partial charge in [0.05, 0.1) is 10.7 Å². The SMILES string of the molecule is CC(=O)NCC(O)C(O)c1ccc(N)c(Cl)c1. The molecule has 0 aliphatic rings. The van der Waals surface area contributed by atoms with Crippen molar-refractivity contribution in [3.63, 3.8) is 0 Å². The second-order valence-corrected chi connectivity index (χ2v) is 4.14. The molecule has 5 nitrogen and oxygen atoms in total. The first kappa shape index (κ1) is 13.8. The van der Waals surface area contributed by atoms with E-state index in [9.17, 15) is 15.0 Å². The number of carbonyl (C=O) groups excluding carboxylic acids is 1. The molecule has 0 spiro atoms. The number of hydrogen-bond donors (Lipinski definition) is 4. The molecule has 0 saturated carbocycles. The van der Waals surface area contributed by atoms with Crippen LogP contribution in [0, 0.1) is 0 Å². The summed E-state index contributed by atoms with van der Waals surface area (Å²) in [6.45, 7) is 1.30. The standard InChI is InChI=1S/C11H15ClN2O3/c1-6(15)14-5-10(16)11(17)7-2-3-9(13)8(12)4-7/h2-4,10-11,16-17H,5,13H2,1H3,(H,14,15). The van der Waals surface area contributed by atoms with Crippen LogP contribution in [0.1, 0.15) is 18.6 Å². The Hall–Kier alpha value is -1.30. The van der Waals surface area contributed by atoms with Gasteiger partial charge in [-0.1, -0.05) is 17.7 Å². The molecule has 5 N–H and O–H groups in total. The minimum absolute atomic E-state index is 0.0293. The van der Waals surface area contributed by atoms with Gasteiger partial charge in [0, 0.05) is 13.5 Å². The lowest BCUT2D eigenvalue weighted by Crippen LogP contribution is -2.34. The molecule has 94 valence electrons. The van der Waals surface area contributed by atoms with Gasteiger partial charge < -0.3 is 21.3 Å². The zero-order chi connectivity index (χ0) is 13.0. The predicted octanol–water partition coefficient (Wildman–Crippen LogP) is 0.453. The number of nitrogens with one attached hydrogen (secondary N) is 1. The van der Waals surface area contributed by atoms with E-state index in [1.54, 1.807) is 12.1 Å². The molecular formula is C11H15ClN2O3. The van der Waals surface area contributed by atoms with Crippen molar-refractivity contribution < 1.29 is 15.0 Å². The lowest BCUT2D eigenvalue weighted by atomic mass is 10.0. The minimum atomic E-state index is -1.13. The Bertz CT molecular complexity index is 412. The highest BCUT2D eigenvalue weighted by atomic mass is 35.5. The number of anilines is 1. The fraction of sp³-hybridized carbons (Fsp3) is 0.364. The first-order valence-corrected chi connectivity index (χ1v) is 5.45. The maximum absolute atomic E-state index is 10.7. The van der Waals surface area contributed by atoms with Gasteiger partial charge in [-0.2, -0.15) is 0 Å². The summed E-state index contributed by atoms with van der Waals surface area (Å²) in [6, 6.07) is 4.60.